The van der Waals surface area contributed by atoms with E-state index >= 15 is 0 Å². The largest absolute Gasteiger partial charge is 0.465 e. The van der Waals surface area contributed by atoms with Gasteiger partial charge >= 0.3 is 6.09 Å². The van der Waals surface area contributed by atoms with Crippen molar-refractivity contribution < 1.29 is 9.90 Å². The van der Waals surface area contributed by atoms with Gasteiger partial charge in [-0.2, -0.15) is 0 Å². The van der Waals surface area contributed by atoms with Crippen LogP contribution in [0.2, 0.25) is 0 Å². The normalized spacial score (nSPS) is 10.5. The third-order valence-corrected chi connectivity index (χ3v) is 4.67. The highest BCUT2D eigenvalue weighted by molar-refractivity contribution is 7.80. The van der Waals surface area contributed by atoms with Crippen LogP contribution < -0.4 is 16.0 Å². The molecule has 3 aromatic heterocycles. The molecule has 26 heavy (non-hydrogen) atoms. The van der Waals surface area contributed by atoms with Crippen molar-refractivity contribution >= 4 is 51.7 Å². The number of hydrogen-bond acceptors (Lipinski definition) is 6. The van der Waals surface area contributed by atoms with Gasteiger partial charge in [-0.05, 0) is 43.4 Å². The number of thiophene rings is 1. The fraction of sp³-hybridized carbons (Fsp3) is 0.188. The summed E-state index contributed by atoms with van der Waals surface area (Å²) in [6, 6.07) is 7.37. The number of thiocarbonyl (C=S) groups is 1. The Labute approximate surface area is 158 Å². The molecule has 10 heteroatoms. The number of aromatic nitrogens is 3. The first-order chi connectivity index (χ1) is 12.5. The maximum Gasteiger partial charge on any atom is 0.404 e. The molecule has 0 bridgehead atoms. The number of carboxylic acid groups (broad SMARTS) is 1. The number of nitrogens with zero attached hydrogens (tertiary/aromatic N) is 3. The standard InChI is InChI=1S/C16H16N6O2S2/c1-2-17-15(25)22-13-6-4-10-14(21-13)20-11(8-18-10)12-5-3-9(26-12)7-19-16(23)24/h3-6,8,19H,2,7H2,1H3,(H,23,24)(H2,17,20,21,22,25). The fourth-order valence-electron chi connectivity index (χ4n) is 2.18. The zero-order chi connectivity index (χ0) is 18.5. The monoisotopic (exact) mass is 388 g/mol. The van der Waals surface area contributed by atoms with E-state index < -0.39 is 6.09 Å². The van der Waals surface area contributed by atoms with E-state index in [4.69, 9.17) is 17.3 Å². The highest BCUT2D eigenvalue weighted by Gasteiger charge is 2.09. The van der Waals surface area contributed by atoms with Gasteiger partial charge in [-0.3, -0.25) is 4.98 Å². The summed E-state index contributed by atoms with van der Waals surface area (Å²) in [7, 11) is 0. The zero-order valence-corrected chi connectivity index (χ0v) is 15.4. The van der Waals surface area contributed by atoms with Crippen molar-refractivity contribution in [3.63, 3.8) is 0 Å². The van der Waals surface area contributed by atoms with Crippen molar-refractivity contribution in [3.8, 4) is 10.6 Å². The number of amides is 1. The third kappa shape index (κ3) is 4.41. The van der Waals surface area contributed by atoms with Crippen molar-refractivity contribution in [2.75, 3.05) is 11.9 Å². The van der Waals surface area contributed by atoms with Gasteiger partial charge in [0.1, 0.15) is 17.0 Å². The number of rotatable bonds is 5. The summed E-state index contributed by atoms with van der Waals surface area (Å²) < 4.78 is 0. The molecule has 0 atom stereocenters. The van der Waals surface area contributed by atoms with Gasteiger partial charge in [-0.1, -0.05) is 0 Å². The molecule has 0 fully saturated rings. The van der Waals surface area contributed by atoms with Crippen LogP contribution in [0.5, 0.6) is 0 Å². The summed E-state index contributed by atoms with van der Waals surface area (Å²) in [6.07, 6.45) is 0.630. The van der Waals surface area contributed by atoms with Crippen LogP contribution >= 0.6 is 23.6 Å². The molecular weight excluding hydrogens is 372 g/mol. The Morgan fingerprint density at radius 3 is 2.85 bits per heavy atom. The second-order valence-electron chi connectivity index (χ2n) is 5.20. The summed E-state index contributed by atoms with van der Waals surface area (Å²) in [4.78, 5) is 25.8. The van der Waals surface area contributed by atoms with E-state index in [9.17, 15) is 4.79 Å². The molecule has 0 saturated heterocycles. The smallest absolute Gasteiger partial charge is 0.404 e. The predicted molar refractivity (Wildman–Crippen MR) is 105 cm³/mol. The van der Waals surface area contributed by atoms with Crippen LogP contribution in [-0.4, -0.2) is 37.8 Å². The van der Waals surface area contributed by atoms with Crippen LogP contribution in [0.4, 0.5) is 10.6 Å². The van der Waals surface area contributed by atoms with Gasteiger partial charge in [0.2, 0.25) is 0 Å². The van der Waals surface area contributed by atoms with E-state index in [0.717, 1.165) is 16.3 Å². The molecule has 0 radical (unpaired) electrons. The number of hydrogen-bond donors (Lipinski definition) is 4. The van der Waals surface area contributed by atoms with Crippen molar-refractivity contribution in [2.45, 2.75) is 13.5 Å². The molecular formula is C16H16N6O2S2. The summed E-state index contributed by atoms with van der Waals surface area (Å²) in [6.45, 7) is 2.94. The molecule has 8 nitrogen and oxygen atoms in total. The maximum atomic E-state index is 10.6. The van der Waals surface area contributed by atoms with Crippen LogP contribution in [-0.2, 0) is 6.54 Å². The molecule has 3 heterocycles. The zero-order valence-electron chi connectivity index (χ0n) is 13.8. The second-order valence-corrected chi connectivity index (χ2v) is 6.78. The number of anilines is 1. The second kappa shape index (κ2) is 8.02. The molecule has 0 aliphatic rings. The lowest BCUT2D eigenvalue weighted by Crippen LogP contribution is -2.28. The highest BCUT2D eigenvalue weighted by Crippen LogP contribution is 2.27. The molecule has 0 unspecified atom stereocenters. The Morgan fingerprint density at radius 1 is 1.23 bits per heavy atom. The quantitative estimate of drug-likeness (QED) is 0.494. The van der Waals surface area contributed by atoms with Gasteiger partial charge < -0.3 is 21.1 Å². The molecule has 3 rings (SSSR count). The lowest BCUT2D eigenvalue weighted by molar-refractivity contribution is 0.194. The number of pyridine rings is 1. The van der Waals surface area contributed by atoms with Crippen molar-refractivity contribution in [1.29, 1.82) is 0 Å². The molecule has 134 valence electrons. The predicted octanol–water partition coefficient (Wildman–Crippen LogP) is 2.83. The van der Waals surface area contributed by atoms with Gasteiger partial charge in [0.05, 0.1) is 17.6 Å². The lowest BCUT2D eigenvalue weighted by Gasteiger charge is -2.08. The Bertz CT molecular complexity index is 959. The summed E-state index contributed by atoms with van der Waals surface area (Å²) in [5.41, 5.74) is 1.87. The topological polar surface area (TPSA) is 112 Å². The van der Waals surface area contributed by atoms with Gasteiger partial charge in [0.25, 0.3) is 0 Å². The van der Waals surface area contributed by atoms with E-state index in [1.165, 1.54) is 11.3 Å². The van der Waals surface area contributed by atoms with Crippen LogP contribution in [0.1, 0.15) is 11.8 Å². The van der Waals surface area contributed by atoms with E-state index in [-0.39, 0.29) is 6.54 Å². The molecule has 1 amide bonds. The molecule has 0 aliphatic heterocycles. The van der Waals surface area contributed by atoms with E-state index in [1.54, 1.807) is 12.3 Å². The molecule has 0 spiro atoms. The van der Waals surface area contributed by atoms with Crippen molar-refractivity contribution in [1.82, 2.24) is 25.6 Å². The maximum absolute atomic E-state index is 10.6. The minimum atomic E-state index is -1.05. The average Bonchev–Trinajstić information content (AvgIpc) is 3.08. The molecule has 4 N–H and O–H groups in total. The molecule has 3 aromatic rings. The average molecular weight is 388 g/mol. The Kier molecular flexibility index (Phi) is 5.54. The van der Waals surface area contributed by atoms with Crippen LogP contribution in [0.15, 0.2) is 30.5 Å². The number of fused-ring (bicyclic) bond motifs is 1. The van der Waals surface area contributed by atoms with E-state index in [2.05, 4.69) is 30.9 Å². The Morgan fingerprint density at radius 2 is 2.08 bits per heavy atom. The minimum absolute atomic E-state index is 0.259. The van der Waals surface area contributed by atoms with Crippen molar-refractivity contribution in [2.24, 2.45) is 0 Å². The van der Waals surface area contributed by atoms with Crippen LogP contribution in [0.3, 0.4) is 0 Å². The third-order valence-electron chi connectivity index (χ3n) is 3.31. The number of nitrogens with one attached hydrogen (secondary N) is 3. The SMILES string of the molecule is CCNC(=S)Nc1ccc2ncc(-c3ccc(CNC(=O)O)s3)nc2n1. The summed E-state index contributed by atoms with van der Waals surface area (Å²) in [5.74, 6) is 0.590. The first-order valence-electron chi connectivity index (χ1n) is 7.79. The van der Waals surface area contributed by atoms with E-state index in [1.807, 2.05) is 25.1 Å². The van der Waals surface area contributed by atoms with Crippen molar-refractivity contribution in [3.05, 3.63) is 35.3 Å². The first kappa shape index (κ1) is 18.0. The highest BCUT2D eigenvalue weighted by atomic mass is 32.1. The Balaban J connectivity index is 1.83. The van der Waals surface area contributed by atoms with Gasteiger partial charge in [0, 0.05) is 11.4 Å². The fourth-order valence-corrected chi connectivity index (χ4v) is 3.33. The van der Waals surface area contributed by atoms with Crippen LogP contribution in [0, 0.1) is 0 Å². The lowest BCUT2D eigenvalue weighted by atomic mass is 10.3. The van der Waals surface area contributed by atoms with Gasteiger partial charge in [-0.15, -0.1) is 11.3 Å². The molecule has 0 saturated carbocycles. The summed E-state index contributed by atoms with van der Waals surface area (Å²) >= 11 is 6.62. The number of carbonyl (C=O) groups is 1. The minimum Gasteiger partial charge on any atom is -0.465 e. The van der Waals surface area contributed by atoms with Crippen LogP contribution in [0.25, 0.3) is 21.7 Å². The molecule has 0 aliphatic carbocycles. The first-order valence-corrected chi connectivity index (χ1v) is 9.02. The van der Waals surface area contributed by atoms with Gasteiger partial charge in [-0.25, -0.2) is 14.8 Å². The van der Waals surface area contributed by atoms with E-state index in [0.29, 0.717) is 27.8 Å². The Hall–Kier alpha value is -2.85. The summed E-state index contributed by atoms with van der Waals surface area (Å²) in [5, 5.41) is 17.5. The molecule has 0 aromatic carbocycles. The van der Waals surface area contributed by atoms with Gasteiger partial charge in [0.15, 0.2) is 10.8 Å².